The van der Waals surface area contributed by atoms with Crippen LogP contribution in [0.15, 0.2) is 39.2 Å². The topological polar surface area (TPSA) is 84.0 Å². The van der Waals surface area contributed by atoms with E-state index >= 15 is 0 Å². The van der Waals surface area contributed by atoms with E-state index < -0.39 is 0 Å². The van der Waals surface area contributed by atoms with Crippen LogP contribution < -0.4 is 16.4 Å². The van der Waals surface area contributed by atoms with Crippen LogP contribution in [0, 0.1) is 0 Å². The number of fused-ring (bicyclic) bond motifs is 2. The predicted molar refractivity (Wildman–Crippen MR) is 102 cm³/mol. The molecule has 1 aliphatic rings. The minimum absolute atomic E-state index is 0.111. The minimum atomic E-state index is -0.307. The van der Waals surface area contributed by atoms with Crippen LogP contribution in [0.4, 0.5) is 0 Å². The fourth-order valence-corrected chi connectivity index (χ4v) is 4.59. The summed E-state index contributed by atoms with van der Waals surface area (Å²) in [6.45, 7) is 0.495. The molecule has 0 unspecified atom stereocenters. The highest BCUT2D eigenvalue weighted by atomic mass is 32.1. The molecule has 4 rings (SSSR count). The molecule has 0 fully saturated rings. The maximum atomic E-state index is 12.5. The van der Waals surface area contributed by atoms with Crippen LogP contribution in [-0.2, 0) is 19.4 Å². The van der Waals surface area contributed by atoms with Gasteiger partial charge in [0.15, 0.2) is 0 Å². The van der Waals surface area contributed by atoms with Gasteiger partial charge in [0.25, 0.3) is 17.0 Å². The van der Waals surface area contributed by atoms with Crippen LogP contribution in [0.5, 0.6) is 0 Å². The summed E-state index contributed by atoms with van der Waals surface area (Å²) in [7, 11) is 0. The highest BCUT2D eigenvalue weighted by Crippen LogP contribution is 2.30. The Morgan fingerprint density at radius 1 is 1.15 bits per heavy atom. The summed E-state index contributed by atoms with van der Waals surface area (Å²) < 4.78 is 1.26. The summed E-state index contributed by atoms with van der Waals surface area (Å²) >= 11 is 1.65. The van der Waals surface area contributed by atoms with E-state index in [1.165, 1.54) is 21.5 Å². The Balaban J connectivity index is 1.48. The molecule has 6 nitrogen and oxygen atoms in total. The third-order valence-electron chi connectivity index (χ3n) is 4.81. The van der Waals surface area contributed by atoms with E-state index in [-0.39, 0.29) is 30.1 Å². The molecule has 0 atom stereocenters. The predicted octanol–water partition coefficient (Wildman–Crippen LogP) is 2.06. The monoisotopic (exact) mass is 369 g/mol. The van der Waals surface area contributed by atoms with E-state index in [9.17, 15) is 14.4 Å². The van der Waals surface area contributed by atoms with Gasteiger partial charge in [-0.05, 0) is 43.4 Å². The lowest BCUT2D eigenvalue weighted by atomic mass is 9.96. The molecule has 1 aromatic carbocycles. The third kappa shape index (κ3) is 2.99. The number of aryl methyl sites for hydroxylation is 1. The quantitative estimate of drug-likeness (QED) is 0.738. The summed E-state index contributed by atoms with van der Waals surface area (Å²) in [5.41, 5.74) is 1.36. The number of nitrogens with one attached hydrogen (secondary N) is 2. The molecule has 2 heterocycles. The van der Waals surface area contributed by atoms with Gasteiger partial charge in [0, 0.05) is 16.8 Å². The lowest BCUT2D eigenvalue weighted by Gasteiger charge is -2.13. The summed E-state index contributed by atoms with van der Waals surface area (Å²) in [5, 5.41) is 8.13. The smallest absolute Gasteiger partial charge is 0.273 e. The van der Waals surface area contributed by atoms with Crippen molar-refractivity contribution >= 4 is 28.0 Å². The van der Waals surface area contributed by atoms with Gasteiger partial charge in [-0.2, -0.15) is 0 Å². The van der Waals surface area contributed by atoms with Crippen LogP contribution in [-0.4, -0.2) is 22.2 Å². The third-order valence-corrected chi connectivity index (χ3v) is 5.90. The molecule has 1 aliphatic carbocycles. The number of rotatable bonds is 4. The number of nitrogens with zero attached hydrogens (tertiary/aromatic N) is 1. The first-order valence-corrected chi connectivity index (χ1v) is 9.62. The van der Waals surface area contributed by atoms with E-state index in [1.54, 1.807) is 35.6 Å². The van der Waals surface area contributed by atoms with E-state index in [1.807, 2.05) is 5.38 Å². The van der Waals surface area contributed by atoms with E-state index in [0.29, 0.717) is 10.8 Å². The van der Waals surface area contributed by atoms with E-state index in [4.69, 9.17) is 0 Å². The molecule has 26 heavy (non-hydrogen) atoms. The summed E-state index contributed by atoms with van der Waals surface area (Å²) in [5.74, 6) is -0.111. The molecule has 0 spiro atoms. The Morgan fingerprint density at radius 2 is 1.92 bits per heavy atom. The summed E-state index contributed by atoms with van der Waals surface area (Å²) in [6, 6.07) is 6.72. The standard InChI is InChI=1S/C19H19N3O3S/c23-17(15-11-26-16-8-4-3-5-12(15)16)20-9-10-22-19(25)14-7-2-1-6-13(14)18(24)21-22/h1-2,6-7,11H,3-5,8-10H2,(H,20,23)(H,21,24). The van der Waals surface area contributed by atoms with Gasteiger partial charge in [-0.25, -0.2) is 4.68 Å². The van der Waals surface area contributed by atoms with Crippen molar-refractivity contribution in [1.82, 2.24) is 15.1 Å². The molecular formula is C19H19N3O3S. The van der Waals surface area contributed by atoms with E-state index in [0.717, 1.165) is 24.8 Å². The largest absolute Gasteiger partial charge is 0.350 e. The van der Waals surface area contributed by atoms with Crippen molar-refractivity contribution in [2.24, 2.45) is 0 Å². The zero-order chi connectivity index (χ0) is 18.1. The van der Waals surface area contributed by atoms with Crippen molar-refractivity contribution in [1.29, 1.82) is 0 Å². The Labute approximate surface area is 153 Å². The van der Waals surface area contributed by atoms with Gasteiger partial charge < -0.3 is 5.32 Å². The molecule has 0 bridgehead atoms. The average Bonchev–Trinajstić information content (AvgIpc) is 3.10. The molecule has 0 radical (unpaired) electrons. The Kier molecular flexibility index (Phi) is 4.46. The lowest BCUT2D eigenvalue weighted by Crippen LogP contribution is -2.35. The molecule has 0 aliphatic heterocycles. The van der Waals surface area contributed by atoms with Crippen molar-refractivity contribution in [3.05, 3.63) is 66.4 Å². The Morgan fingerprint density at radius 3 is 2.77 bits per heavy atom. The molecule has 134 valence electrons. The molecule has 1 amide bonds. The molecule has 2 aromatic heterocycles. The first kappa shape index (κ1) is 16.8. The normalized spacial score (nSPS) is 13.5. The number of aromatic nitrogens is 2. The summed E-state index contributed by atoms with van der Waals surface area (Å²) in [4.78, 5) is 38.3. The van der Waals surface area contributed by atoms with Gasteiger partial charge in [-0.15, -0.1) is 11.3 Å². The highest BCUT2D eigenvalue weighted by Gasteiger charge is 2.19. The van der Waals surface area contributed by atoms with Gasteiger partial charge in [-0.3, -0.25) is 19.5 Å². The number of carbonyl (C=O) groups is 1. The molecule has 0 saturated heterocycles. The van der Waals surface area contributed by atoms with Crippen molar-refractivity contribution in [2.75, 3.05) is 6.54 Å². The van der Waals surface area contributed by atoms with Crippen LogP contribution in [0.25, 0.3) is 10.8 Å². The fraction of sp³-hybridized carbons (Fsp3) is 0.316. The maximum absolute atomic E-state index is 12.5. The van der Waals surface area contributed by atoms with Gasteiger partial charge in [0.1, 0.15) is 0 Å². The number of hydrogen-bond acceptors (Lipinski definition) is 4. The van der Waals surface area contributed by atoms with Crippen LogP contribution in [0.2, 0.25) is 0 Å². The van der Waals surface area contributed by atoms with Gasteiger partial charge in [0.2, 0.25) is 0 Å². The molecular weight excluding hydrogens is 350 g/mol. The first-order valence-electron chi connectivity index (χ1n) is 8.74. The van der Waals surface area contributed by atoms with Crippen molar-refractivity contribution < 1.29 is 4.79 Å². The van der Waals surface area contributed by atoms with Gasteiger partial charge in [0.05, 0.1) is 22.9 Å². The fourth-order valence-electron chi connectivity index (χ4n) is 3.46. The SMILES string of the molecule is O=C(NCCn1[nH]c(=O)c2ccccc2c1=O)c1csc2c1CCCC2. The van der Waals surface area contributed by atoms with Crippen LogP contribution in [0.3, 0.4) is 0 Å². The second-order valence-corrected chi connectivity index (χ2v) is 7.42. The van der Waals surface area contributed by atoms with Crippen LogP contribution >= 0.6 is 11.3 Å². The second-order valence-electron chi connectivity index (χ2n) is 6.46. The molecule has 3 aromatic rings. The average molecular weight is 369 g/mol. The Bertz CT molecular complexity index is 1090. The minimum Gasteiger partial charge on any atom is -0.350 e. The Hall–Kier alpha value is -2.67. The zero-order valence-electron chi connectivity index (χ0n) is 14.2. The zero-order valence-corrected chi connectivity index (χ0v) is 15.0. The number of thiophene rings is 1. The lowest BCUT2D eigenvalue weighted by molar-refractivity contribution is 0.0951. The molecule has 7 heteroatoms. The van der Waals surface area contributed by atoms with Crippen molar-refractivity contribution in [3.63, 3.8) is 0 Å². The number of hydrogen-bond donors (Lipinski definition) is 2. The van der Waals surface area contributed by atoms with Gasteiger partial charge in [-0.1, -0.05) is 12.1 Å². The van der Waals surface area contributed by atoms with Crippen LogP contribution in [0.1, 0.15) is 33.6 Å². The number of amides is 1. The second kappa shape index (κ2) is 6.92. The summed E-state index contributed by atoms with van der Waals surface area (Å²) in [6.07, 6.45) is 4.32. The highest BCUT2D eigenvalue weighted by molar-refractivity contribution is 7.10. The molecule has 2 N–H and O–H groups in total. The van der Waals surface area contributed by atoms with Gasteiger partial charge >= 0.3 is 0 Å². The molecule has 0 saturated carbocycles. The van der Waals surface area contributed by atoms with Crippen molar-refractivity contribution in [3.8, 4) is 0 Å². The maximum Gasteiger partial charge on any atom is 0.273 e. The number of aromatic amines is 1. The number of H-pyrrole nitrogens is 1. The number of benzene rings is 1. The first-order chi connectivity index (χ1) is 12.6. The number of carbonyl (C=O) groups excluding carboxylic acids is 1. The van der Waals surface area contributed by atoms with Crippen molar-refractivity contribution in [2.45, 2.75) is 32.2 Å². The van der Waals surface area contributed by atoms with E-state index in [2.05, 4.69) is 10.4 Å².